The molecule has 1 heterocycles. The lowest BCUT2D eigenvalue weighted by Gasteiger charge is -2.26. The second kappa shape index (κ2) is 3.95. The van der Waals surface area contributed by atoms with E-state index in [0.717, 1.165) is 44.5 Å². The van der Waals surface area contributed by atoms with Crippen molar-refractivity contribution >= 4 is 5.78 Å². The molecule has 72 valence electrons. The molecule has 2 heteroatoms. The molecular weight excluding hydrogens is 164 g/mol. The van der Waals surface area contributed by atoms with Gasteiger partial charge in [-0.3, -0.25) is 4.79 Å². The number of ether oxygens (including phenoxy) is 1. The van der Waals surface area contributed by atoms with E-state index in [1.165, 1.54) is 0 Å². The predicted octanol–water partition coefficient (Wildman–Crippen LogP) is 2.44. The van der Waals surface area contributed by atoms with Gasteiger partial charge in [0.05, 0.1) is 12.4 Å². The summed E-state index contributed by atoms with van der Waals surface area (Å²) >= 11 is 0. The first-order valence-electron chi connectivity index (χ1n) is 5.21. The van der Waals surface area contributed by atoms with Crippen LogP contribution >= 0.6 is 0 Å². The highest BCUT2D eigenvalue weighted by molar-refractivity contribution is 5.79. The number of Topliss-reactive ketones (excluding diaryl/α,β-unsaturated/α-hetero) is 1. The van der Waals surface area contributed by atoms with Gasteiger partial charge in [-0.2, -0.15) is 0 Å². The highest BCUT2D eigenvalue weighted by Crippen LogP contribution is 2.30. The van der Waals surface area contributed by atoms with Gasteiger partial charge in [-0.25, -0.2) is 0 Å². The quantitative estimate of drug-likeness (QED) is 0.619. The molecular formula is C11H16O2. The number of carbonyl (C=O) groups excluding carboxylic acids is 1. The number of carbonyl (C=O) groups is 1. The summed E-state index contributed by atoms with van der Waals surface area (Å²) in [7, 11) is 0. The molecule has 2 aliphatic rings. The third-order valence-corrected chi connectivity index (χ3v) is 2.85. The maximum Gasteiger partial charge on any atom is 0.133 e. The fourth-order valence-electron chi connectivity index (χ4n) is 2.13. The minimum absolute atomic E-state index is 0.404. The van der Waals surface area contributed by atoms with Crippen LogP contribution in [0.5, 0.6) is 0 Å². The molecule has 0 aromatic rings. The van der Waals surface area contributed by atoms with Crippen molar-refractivity contribution in [1.29, 1.82) is 0 Å². The monoisotopic (exact) mass is 180 g/mol. The maximum atomic E-state index is 11.2. The molecule has 1 unspecified atom stereocenters. The van der Waals surface area contributed by atoms with Gasteiger partial charge in [-0.05, 0) is 31.8 Å². The van der Waals surface area contributed by atoms with E-state index in [1.54, 1.807) is 0 Å². The number of allylic oxidation sites excluding steroid dienone is 2. The summed E-state index contributed by atoms with van der Waals surface area (Å²) in [5.74, 6) is 1.91. The van der Waals surface area contributed by atoms with E-state index in [-0.39, 0.29) is 0 Å². The zero-order valence-corrected chi connectivity index (χ0v) is 7.92. The van der Waals surface area contributed by atoms with Gasteiger partial charge in [-0.1, -0.05) is 0 Å². The zero-order valence-electron chi connectivity index (χ0n) is 7.92. The highest BCUT2D eigenvalue weighted by atomic mass is 16.5. The van der Waals surface area contributed by atoms with Crippen LogP contribution in [-0.2, 0) is 9.53 Å². The molecule has 0 bridgehead atoms. The largest absolute Gasteiger partial charge is 0.498 e. The molecule has 0 radical (unpaired) electrons. The van der Waals surface area contributed by atoms with Crippen molar-refractivity contribution < 1.29 is 9.53 Å². The van der Waals surface area contributed by atoms with E-state index >= 15 is 0 Å². The van der Waals surface area contributed by atoms with Gasteiger partial charge in [0.15, 0.2) is 0 Å². The van der Waals surface area contributed by atoms with E-state index in [2.05, 4.69) is 6.08 Å². The molecule has 1 aliphatic carbocycles. The third kappa shape index (κ3) is 2.11. The van der Waals surface area contributed by atoms with Crippen LogP contribution in [0.3, 0.4) is 0 Å². The van der Waals surface area contributed by atoms with Crippen LogP contribution < -0.4 is 0 Å². The molecule has 1 atom stereocenters. The Balaban J connectivity index is 1.98. The first-order chi connectivity index (χ1) is 6.36. The first kappa shape index (κ1) is 8.79. The molecule has 0 spiro atoms. The molecule has 0 aromatic carbocycles. The summed E-state index contributed by atoms with van der Waals surface area (Å²) in [6.45, 7) is 0.844. The van der Waals surface area contributed by atoms with Gasteiger partial charge in [0.1, 0.15) is 5.78 Å². The molecule has 1 saturated carbocycles. The second-order valence-electron chi connectivity index (χ2n) is 3.93. The number of hydrogen-bond acceptors (Lipinski definition) is 2. The van der Waals surface area contributed by atoms with E-state index in [4.69, 9.17) is 4.74 Å². The average molecular weight is 180 g/mol. The lowest BCUT2D eigenvalue weighted by atomic mass is 9.86. The van der Waals surface area contributed by atoms with Crippen LogP contribution in [0.1, 0.15) is 38.5 Å². The Morgan fingerprint density at radius 3 is 3.00 bits per heavy atom. The molecule has 1 aliphatic heterocycles. The van der Waals surface area contributed by atoms with Gasteiger partial charge in [-0.15, -0.1) is 0 Å². The minimum atomic E-state index is 0.404. The minimum Gasteiger partial charge on any atom is -0.498 e. The highest BCUT2D eigenvalue weighted by Gasteiger charge is 2.24. The van der Waals surface area contributed by atoms with Crippen LogP contribution in [0.2, 0.25) is 0 Å². The average Bonchev–Trinajstić information content (AvgIpc) is 2.19. The van der Waals surface area contributed by atoms with Gasteiger partial charge < -0.3 is 4.74 Å². The lowest BCUT2D eigenvalue weighted by molar-refractivity contribution is -0.121. The molecule has 2 rings (SSSR count). The Kier molecular flexibility index (Phi) is 2.67. The number of rotatable bonds is 1. The molecule has 1 fully saturated rings. The summed E-state index contributed by atoms with van der Waals surface area (Å²) in [6, 6.07) is 0. The van der Waals surface area contributed by atoms with Gasteiger partial charge in [0, 0.05) is 18.8 Å². The van der Waals surface area contributed by atoms with E-state index < -0.39 is 0 Å². The van der Waals surface area contributed by atoms with E-state index in [9.17, 15) is 4.79 Å². The lowest BCUT2D eigenvalue weighted by Crippen LogP contribution is -2.19. The fraction of sp³-hybridized carbons (Fsp3) is 0.727. The molecule has 2 nitrogen and oxygen atoms in total. The summed E-state index contributed by atoms with van der Waals surface area (Å²) in [5.41, 5.74) is 0. The van der Waals surface area contributed by atoms with Crippen molar-refractivity contribution in [3.63, 3.8) is 0 Å². The summed E-state index contributed by atoms with van der Waals surface area (Å²) in [4.78, 5) is 11.2. The first-order valence-corrected chi connectivity index (χ1v) is 5.21. The second-order valence-corrected chi connectivity index (χ2v) is 3.93. The molecule has 0 N–H and O–H groups in total. The van der Waals surface area contributed by atoms with E-state index in [1.807, 2.05) is 0 Å². The topological polar surface area (TPSA) is 26.3 Å². The van der Waals surface area contributed by atoms with E-state index in [0.29, 0.717) is 18.1 Å². The van der Waals surface area contributed by atoms with Crippen molar-refractivity contribution in [1.82, 2.24) is 0 Å². The summed E-state index contributed by atoms with van der Waals surface area (Å²) in [6.07, 6.45) is 8.11. The van der Waals surface area contributed by atoms with Crippen LogP contribution in [-0.4, -0.2) is 12.4 Å². The van der Waals surface area contributed by atoms with Crippen LogP contribution in [0.15, 0.2) is 11.8 Å². The third-order valence-electron chi connectivity index (χ3n) is 2.85. The van der Waals surface area contributed by atoms with Crippen LogP contribution in [0, 0.1) is 5.92 Å². The summed E-state index contributed by atoms with van der Waals surface area (Å²) in [5, 5.41) is 0. The van der Waals surface area contributed by atoms with Crippen LogP contribution in [0.4, 0.5) is 0 Å². The van der Waals surface area contributed by atoms with Crippen molar-refractivity contribution in [2.24, 2.45) is 5.92 Å². The Labute approximate surface area is 79.0 Å². The molecule has 0 saturated heterocycles. The number of ketones is 1. The fourth-order valence-corrected chi connectivity index (χ4v) is 2.13. The normalized spacial score (nSPS) is 29.4. The predicted molar refractivity (Wildman–Crippen MR) is 50.2 cm³/mol. The van der Waals surface area contributed by atoms with Gasteiger partial charge >= 0.3 is 0 Å². The van der Waals surface area contributed by atoms with Crippen molar-refractivity contribution in [3.8, 4) is 0 Å². The van der Waals surface area contributed by atoms with Crippen molar-refractivity contribution in [3.05, 3.63) is 11.8 Å². The summed E-state index contributed by atoms with van der Waals surface area (Å²) < 4.78 is 5.57. The molecule has 13 heavy (non-hydrogen) atoms. The Morgan fingerprint density at radius 2 is 2.31 bits per heavy atom. The maximum absolute atomic E-state index is 11.2. The zero-order chi connectivity index (χ0) is 9.10. The van der Waals surface area contributed by atoms with Crippen molar-refractivity contribution in [2.75, 3.05) is 6.61 Å². The Bertz CT molecular complexity index is 230. The smallest absolute Gasteiger partial charge is 0.133 e. The van der Waals surface area contributed by atoms with Crippen LogP contribution in [0.25, 0.3) is 0 Å². The Hall–Kier alpha value is -0.790. The molecule has 0 aromatic heterocycles. The van der Waals surface area contributed by atoms with Gasteiger partial charge in [0.25, 0.3) is 0 Å². The van der Waals surface area contributed by atoms with Crippen molar-refractivity contribution in [2.45, 2.75) is 38.5 Å². The number of hydrogen-bond donors (Lipinski definition) is 0. The molecule has 0 amide bonds. The Morgan fingerprint density at radius 1 is 1.38 bits per heavy atom. The standard InChI is InChI=1S/C11H16O2/c12-10-5-3-4-9(8-10)11-6-1-2-7-13-11/h6,9H,1-5,7-8H2. The SMILES string of the molecule is O=C1CCCC(C2=CCCCO2)C1. The van der Waals surface area contributed by atoms with Gasteiger partial charge in [0.2, 0.25) is 0 Å².